The number of hydrogen-bond acceptors (Lipinski definition) is 6. The summed E-state index contributed by atoms with van der Waals surface area (Å²) in [7, 11) is 0. The van der Waals surface area contributed by atoms with Gasteiger partial charge in [-0.2, -0.15) is 11.8 Å². The molecule has 0 radical (unpaired) electrons. The van der Waals surface area contributed by atoms with Crippen LogP contribution in [0.4, 0.5) is 5.69 Å². The number of thioether (sulfide) groups is 1. The van der Waals surface area contributed by atoms with Gasteiger partial charge in [-0.1, -0.05) is 49.2 Å². The van der Waals surface area contributed by atoms with E-state index in [1.54, 1.807) is 12.1 Å². The molecule has 0 N–H and O–H groups in total. The molecule has 9 heteroatoms. The van der Waals surface area contributed by atoms with Crippen molar-refractivity contribution in [3.05, 3.63) is 39.9 Å². The third-order valence-electron chi connectivity index (χ3n) is 8.83. The van der Waals surface area contributed by atoms with Crippen molar-refractivity contribution in [2.75, 3.05) is 12.4 Å². The zero-order chi connectivity index (χ0) is 25.0. The first-order chi connectivity index (χ1) is 16.6. The summed E-state index contributed by atoms with van der Waals surface area (Å²) in [6.07, 6.45) is 6.40. The number of rotatable bonds is 7. The molecule has 2 unspecified atom stereocenters. The third-order valence-corrected chi connectivity index (χ3v) is 10.8. The monoisotopic (exact) mass is 540 g/mol. The largest absolute Gasteiger partial charge is 0.477 e. The van der Waals surface area contributed by atoms with Crippen LogP contribution in [-0.4, -0.2) is 45.8 Å². The molecule has 7 atom stereocenters. The molecular formula is C26H34Cl2N2O4S. The van der Waals surface area contributed by atoms with Gasteiger partial charge in [-0.25, -0.2) is 4.99 Å². The molecule has 0 aromatic heterocycles. The van der Waals surface area contributed by atoms with Gasteiger partial charge >= 0.3 is 0 Å². The van der Waals surface area contributed by atoms with Crippen LogP contribution in [0.15, 0.2) is 29.3 Å². The average molecular weight is 542 g/mol. The highest BCUT2D eigenvalue weighted by Gasteiger charge is 2.57. The van der Waals surface area contributed by atoms with Gasteiger partial charge in [0.2, 0.25) is 5.90 Å². The molecule has 0 spiro atoms. The van der Waals surface area contributed by atoms with Crippen LogP contribution in [-0.2, 0) is 9.47 Å². The van der Waals surface area contributed by atoms with Crippen molar-refractivity contribution in [2.24, 2.45) is 28.2 Å². The van der Waals surface area contributed by atoms with E-state index >= 15 is 0 Å². The number of alkyl halides is 2. The first-order valence-electron chi connectivity index (χ1n) is 12.6. The minimum absolute atomic E-state index is 0.0157. The number of non-ortho nitro benzene ring substituents is 1. The van der Waals surface area contributed by atoms with Gasteiger partial charge < -0.3 is 9.47 Å². The van der Waals surface area contributed by atoms with Gasteiger partial charge in [0, 0.05) is 12.1 Å². The Labute approximate surface area is 221 Å². The van der Waals surface area contributed by atoms with Crippen LogP contribution in [0, 0.1) is 33.3 Å². The summed E-state index contributed by atoms with van der Waals surface area (Å²) in [6.45, 7) is 7.54. The highest BCUT2D eigenvalue weighted by molar-refractivity contribution is 7.99. The third kappa shape index (κ3) is 5.21. The summed E-state index contributed by atoms with van der Waals surface area (Å²) in [5.41, 5.74) is 1.59. The first-order valence-corrected chi connectivity index (χ1v) is 14.5. The Balaban J connectivity index is 1.35. The number of benzene rings is 1. The number of epoxide rings is 1. The van der Waals surface area contributed by atoms with E-state index in [4.69, 9.17) is 32.7 Å². The number of ether oxygens (including phenoxy) is 2. The standard InChI is InChI=1S/C26H34Cl2N2O4S/c1-25(2)12-18-16(6-9-21-26(3,34-21)11-10-19(18)25)14-35-22(20-13-33-24(29-20)23(27)28)15-4-7-17(8-5-15)30(31)32/h4-5,7-8,16,18-23H,6,9-14H2,1-3H3/t16-,18+,19+,20?,21+,22?,26+/m0/s1. The molecule has 2 heterocycles. The first kappa shape index (κ1) is 25.6. The highest BCUT2D eigenvalue weighted by Crippen LogP contribution is 2.60. The zero-order valence-electron chi connectivity index (χ0n) is 20.5. The molecule has 2 saturated carbocycles. The van der Waals surface area contributed by atoms with Crippen LogP contribution < -0.4 is 0 Å². The lowest BCUT2D eigenvalue weighted by atomic mass is 9.51. The van der Waals surface area contributed by atoms with E-state index in [-0.39, 0.29) is 27.5 Å². The maximum Gasteiger partial charge on any atom is 0.269 e. The van der Waals surface area contributed by atoms with E-state index in [0.717, 1.165) is 29.6 Å². The van der Waals surface area contributed by atoms with Gasteiger partial charge in [-0.3, -0.25) is 10.1 Å². The van der Waals surface area contributed by atoms with Crippen LogP contribution >= 0.6 is 35.0 Å². The van der Waals surface area contributed by atoms with Gasteiger partial charge in [0.05, 0.1) is 21.9 Å². The van der Waals surface area contributed by atoms with Crippen molar-refractivity contribution >= 4 is 46.5 Å². The van der Waals surface area contributed by atoms with E-state index in [9.17, 15) is 10.1 Å². The summed E-state index contributed by atoms with van der Waals surface area (Å²) in [4.78, 5) is 14.7. The van der Waals surface area contributed by atoms with Crippen molar-refractivity contribution in [1.82, 2.24) is 0 Å². The van der Waals surface area contributed by atoms with Gasteiger partial charge in [-0.15, -0.1) is 0 Å². The average Bonchev–Trinajstić information content (AvgIpc) is 3.18. The molecule has 3 fully saturated rings. The van der Waals surface area contributed by atoms with Gasteiger partial charge in [-0.05, 0) is 73.5 Å². The van der Waals surface area contributed by atoms with Crippen LogP contribution in [0.2, 0.25) is 0 Å². The molecular weight excluding hydrogens is 507 g/mol. The Morgan fingerprint density at radius 1 is 1.20 bits per heavy atom. The van der Waals surface area contributed by atoms with Gasteiger partial charge in [0.15, 0.2) is 4.84 Å². The second-order valence-corrected chi connectivity index (χ2v) is 13.8. The number of halogens is 2. The van der Waals surface area contributed by atoms with Crippen LogP contribution in [0.5, 0.6) is 0 Å². The van der Waals surface area contributed by atoms with Crippen molar-refractivity contribution in [3.63, 3.8) is 0 Å². The Hall–Kier alpha value is -1.02. The SMILES string of the molecule is CC1(C)C[C@@H]2[C@H](CSC(c3ccc([N+](=O)[O-])cc3)C3COC(C(Cl)Cl)=N3)CC[C@H]3O[C@]3(C)CC[C@H]21. The van der Waals surface area contributed by atoms with Crippen LogP contribution in [0.3, 0.4) is 0 Å². The normalized spacial score (nSPS) is 36.4. The summed E-state index contributed by atoms with van der Waals surface area (Å²) in [5, 5.41) is 11.2. The maximum atomic E-state index is 11.2. The number of hydrogen-bond donors (Lipinski definition) is 0. The maximum absolute atomic E-state index is 11.2. The van der Waals surface area contributed by atoms with Crippen LogP contribution in [0.1, 0.15) is 63.7 Å². The number of nitro groups is 1. The lowest BCUT2D eigenvalue weighted by Crippen LogP contribution is -2.48. The molecule has 2 aliphatic carbocycles. The predicted molar refractivity (Wildman–Crippen MR) is 142 cm³/mol. The van der Waals surface area contributed by atoms with Crippen molar-refractivity contribution < 1.29 is 14.4 Å². The smallest absolute Gasteiger partial charge is 0.269 e. The lowest BCUT2D eigenvalue weighted by Gasteiger charge is -2.55. The van der Waals surface area contributed by atoms with Crippen molar-refractivity contribution in [1.29, 1.82) is 0 Å². The van der Waals surface area contributed by atoms with Crippen LogP contribution in [0.25, 0.3) is 0 Å². The summed E-state index contributed by atoms with van der Waals surface area (Å²) in [5.74, 6) is 3.47. The molecule has 1 saturated heterocycles. The molecule has 35 heavy (non-hydrogen) atoms. The van der Waals surface area contributed by atoms with E-state index < -0.39 is 4.84 Å². The molecule has 0 amide bonds. The minimum atomic E-state index is -0.789. The lowest BCUT2D eigenvalue weighted by molar-refractivity contribution is -0.384. The van der Waals surface area contributed by atoms with Gasteiger partial charge in [0.1, 0.15) is 12.6 Å². The topological polar surface area (TPSA) is 77.3 Å². The summed E-state index contributed by atoms with van der Waals surface area (Å²) >= 11 is 13.9. The molecule has 6 nitrogen and oxygen atoms in total. The molecule has 192 valence electrons. The fourth-order valence-corrected chi connectivity index (χ4v) is 8.47. The number of nitrogens with zero attached hydrogens (tertiary/aromatic N) is 2. The quantitative estimate of drug-likeness (QED) is 0.161. The molecule has 1 aromatic rings. The van der Waals surface area contributed by atoms with Gasteiger partial charge in [0.25, 0.3) is 5.69 Å². The van der Waals surface area contributed by atoms with E-state index in [2.05, 4.69) is 25.8 Å². The molecule has 4 aliphatic rings. The molecule has 2 aliphatic heterocycles. The van der Waals surface area contributed by atoms with E-state index in [1.807, 2.05) is 23.9 Å². The highest BCUT2D eigenvalue weighted by atomic mass is 35.5. The van der Waals surface area contributed by atoms with Crippen molar-refractivity contribution in [3.8, 4) is 0 Å². The molecule has 0 bridgehead atoms. The van der Waals surface area contributed by atoms with Crippen molar-refractivity contribution in [2.45, 2.75) is 80.7 Å². The minimum Gasteiger partial charge on any atom is -0.477 e. The Morgan fingerprint density at radius 2 is 1.94 bits per heavy atom. The fourth-order valence-electron chi connectivity index (χ4n) is 6.65. The second kappa shape index (κ2) is 9.70. The molecule has 5 rings (SSSR count). The Kier molecular flexibility index (Phi) is 7.10. The van der Waals surface area contributed by atoms with E-state index in [0.29, 0.717) is 29.9 Å². The number of nitro benzene ring substituents is 1. The molecule has 1 aromatic carbocycles. The predicted octanol–water partition coefficient (Wildman–Crippen LogP) is 6.98. The Morgan fingerprint density at radius 3 is 2.57 bits per heavy atom. The number of fused-ring (bicyclic) bond motifs is 2. The fraction of sp³-hybridized carbons (Fsp3) is 0.731. The second-order valence-electron chi connectivity index (χ2n) is 11.5. The summed E-state index contributed by atoms with van der Waals surface area (Å²) in [6, 6.07) is 6.72. The van der Waals surface area contributed by atoms with E-state index in [1.165, 1.54) is 25.7 Å². The zero-order valence-corrected chi connectivity index (χ0v) is 22.8. The number of aliphatic imine (C=N–C) groups is 1. The summed E-state index contributed by atoms with van der Waals surface area (Å²) < 4.78 is 11.8. The Bertz CT molecular complexity index is 988.